The number of rotatable bonds is 7. The fourth-order valence-corrected chi connectivity index (χ4v) is 4.78. The monoisotopic (exact) mass is 376 g/mol. The molecule has 1 unspecified atom stereocenters. The molecule has 0 fully saturated rings. The number of para-hydroxylation sites is 1. The predicted molar refractivity (Wildman–Crippen MR) is 115 cm³/mol. The maximum Gasteiger partial charge on any atom is 0.152 e. The number of fused-ring (bicyclic) bond motifs is 1. The molecule has 3 aromatic rings. The van der Waals surface area contributed by atoms with E-state index in [4.69, 9.17) is 0 Å². The number of aldehydes is 1. The van der Waals surface area contributed by atoms with Crippen molar-refractivity contribution in [3.05, 3.63) is 77.5 Å². The molecule has 0 saturated carbocycles. The van der Waals surface area contributed by atoms with Crippen molar-refractivity contribution < 1.29 is 4.79 Å². The summed E-state index contributed by atoms with van der Waals surface area (Å²) in [5, 5.41) is 4.79. The molecule has 4 rings (SSSR count). The molecule has 27 heavy (non-hydrogen) atoms. The van der Waals surface area contributed by atoms with Crippen molar-refractivity contribution in [3.63, 3.8) is 0 Å². The van der Waals surface area contributed by atoms with Crippen molar-refractivity contribution in [2.75, 3.05) is 12.3 Å². The van der Waals surface area contributed by atoms with Gasteiger partial charge in [0.15, 0.2) is 6.29 Å². The van der Waals surface area contributed by atoms with Crippen LogP contribution >= 0.6 is 11.8 Å². The van der Waals surface area contributed by atoms with Gasteiger partial charge in [-0.2, -0.15) is 11.8 Å². The Kier molecular flexibility index (Phi) is 5.75. The summed E-state index contributed by atoms with van der Waals surface area (Å²) in [5.74, 6) is 2.09. The van der Waals surface area contributed by atoms with E-state index in [1.165, 1.54) is 16.7 Å². The van der Waals surface area contributed by atoms with E-state index in [1.807, 2.05) is 30.1 Å². The van der Waals surface area contributed by atoms with Crippen LogP contribution in [-0.2, 0) is 5.75 Å². The Bertz CT molecular complexity index is 945. The number of thioether (sulfide) groups is 1. The molecule has 4 heteroatoms. The minimum Gasteiger partial charge on any atom is -0.360 e. The minimum absolute atomic E-state index is 0.544. The summed E-state index contributed by atoms with van der Waals surface area (Å²) in [7, 11) is 0. The molecule has 138 valence electrons. The summed E-state index contributed by atoms with van der Waals surface area (Å²) >= 11 is 1.96. The molecule has 2 heterocycles. The summed E-state index contributed by atoms with van der Waals surface area (Å²) in [4.78, 5) is 14.4. The number of nitrogens with one attached hydrogen (secondary N) is 2. The van der Waals surface area contributed by atoms with Gasteiger partial charge in [0.1, 0.15) is 0 Å². The third-order valence-corrected chi connectivity index (χ3v) is 6.23. The zero-order chi connectivity index (χ0) is 18.5. The van der Waals surface area contributed by atoms with E-state index in [0.29, 0.717) is 6.04 Å². The van der Waals surface area contributed by atoms with Gasteiger partial charge in [-0.1, -0.05) is 48.5 Å². The van der Waals surface area contributed by atoms with E-state index < -0.39 is 0 Å². The molecule has 1 aliphatic heterocycles. The van der Waals surface area contributed by atoms with Crippen LogP contribution in [-0.4, -0.2) is 29.6 Å². The lowest BCUT2D eigenvalue weighted by Gasteiger charge is -2.24. The van der Waals surface area contributed by atoms with Crippen LogP contribution in [0.15, 0.2) is 60.8 Å². The topological polar surface area (TPSA) is 44.9 Å². The molecule has 1 atom stereocenters. The average Bonchev–Trinajstić information content (AvgIpc) is 3.15. The SMILES string of the molecule is O=Cc1cccc2c(CSCCC3CC(c4ccccc4)=CCN3)c[nH]c12. The molecular weight excluding hydrogens is 352 g/mol. The zero-order valence-electron chi connectivity index (χ0n) is 15.3. The number of aromatic nitrogens is 1. The van der Waals surface area contributed by atoms with Crippen LogP contribution in [0.4, 0.5) is 0 Å². The first-order valence-corrected chi connectivity index (χ1v) is 10.6. The molecule has 0 bridgehead atoms. The molecule has 0 aliphatic carbocycles. The minimum atomic E-state index is 0.544. The van der Waals surface area contributed by atoms with Crippen molar-refractivity contribution in [1.82, 2.24) is 10.3 Å². The normalized spacial score (nSPS) is 17.0. The van der Waals surface area contributed by atoms with E-state index in [-0.39, 0.29) is 0 Å². The Morgan fingerprint density at radius 3 is 2.85 bits per heavy atom. The number of carbonyl (C=O) groups is 1. The molecule has 2 N–H and O–H groups in total. The van der Waals surface area contributed by atoms with Gasteiger partial charge in [-0.15, -0.1) is 0 Å². The lowest BCUT2D eigenvalue weighted by molar-refractivity contribution is 0.112. The van der Waals surface area contributed by atoms with Gasteiger partial charge in [0, 0.05) is 35.5 Å². The van der Waals surface area contributed by atoms with Gasteiger partial charge in [0.2, 0.25) is 0 Å². The van der Waals surface area contributed by atoms with Gasteiger partial charge < -0.3 is 10.3 Å². The highest BCUT2D eigenvalue weighted by molar-refractivity contribution is 7.98. The first kappa shape index (κ1) is 18.1. The lowest BCUT2D eigenvalue weighted by atomic mass is 9.94. The Morgan fingerprint density at radius 1 is 1.11 bits per heavy atom. The Labute approximate surface area is 164 Å². The maximum atomic E-state index is 11.2. The van der Waals surface area contributed by atoms with Crippen molar-refractivity contribution in [2.24, 2.45) is 0 Å². The number of benzene rings is 2. The highest BCUT2D eigenvalue weighted by Gasteiger charge is 2.16. The van der Waals surface area contributed by atoms with Crippen molar-refractivity contribution in [3.8, 4) is 0 Å². The zero-order valence-corrected chi connectivity index (χ0v) is 16.1. The van der Waals surface area contributed by atoms with Crippen LogP contribution in [0.1, 0.15) is 34.3 Å². The average molecular weight is 377 g/mol. The fourth-order valence-electron chi connectivity index (χ4n) is 3.72. The molecule has 0 spiro atoms. The highest BCUT2D eigenvalue weighted by atomic mass is 32.2. The van der Waals surface area contributed by atoms with Gasteiger partial charge in [-0.3, -0.25) is 4.79 Å². The van der Waals surface area contributed by atoms with E-state index in [9.17, 15) is 4.79 Å². The largest absolute Gasteiger partial charge is 0.360 e. The first-order chi connectivity index (χ1) is 13.3. The number of hydrogen-bond donors (Lipinski definition) is 2. The number of H-pyrrole nitrogens is 1. The molecule has 0 radical (unpaired) electrons. The van der Waals surface area contributed by atoms with Crippen LogP contribution in [0.5, 0.6) is 0 Å². The molecular formula is C23H24N2OS. The molecule has 1 aliphatic rings. The van der Waals surface area contributed by atoms with Crippen LogP contribution in [0.2, 0.25) is 0 Å². The summed E-state index contributed by atoms with van der Waals surface area (Å²) in [6, 6.07) is 17.1. The van der Waals surface area contributed by atoms with Gasteiger partial charge in [0.05, 0.1) is 5.52 Å². The van der Waals surface area contributed by atoms with Gasteiger partial charge in [-0.25, -0.2) is 0 Å². The predicted octanol–water partition coefficient (Wildman–Crippen LogP) is 5.05. The highest BCUT2D eigenvalue weighted by Crippen LogP contribution is 2.27. The molecule has 1 aromatic heterocycles. The number of carbonyl (C=O) groups excluding carboxylic acids is 1. The fraction of sp³-hybridized carbons (Fsp3) is 0.261. The van der Waals surface area contributed by atoms with E-state index >= 15 is 0 Å². The smallest absolute Gasteiger partial charge is 0.152 e. The molecule has 0 amide bonds. The Hall–Kier alpha value is -2.30. The maximum absolute atomic E-state index is 11.2. The van der Waals surface area contributed by atoms with Crippen molar-refractivity contribution in [2.45, 2.75) is 24.6 Å². The summed E-state index contributed by atoms with van der Waals surface area (Å²) in [6.45, 7) is 0.955. The standard InChI is InChI=1S/C23H24N2OS/c26-15-19-7-4-8-22-20(14-25-23(19)22)16-27-12-10-21-13-18(9-11-24-21)17-5-2-1-3-6-17/h1-9,14-15,21,24-25H,10-13,16H2. The third kappa shape index (κ3) is 4.18. The summed E-state index contributed by atoms with van der Waals surface area (Å²) < 4.78 is 0. The van der Waals surface area contributed by atoms with E-state index in [2.05, 4.69) is 52.8 Å². The first-order valence-electron chi connectivity index (χ1n) is 9.45. The van der Waals surface area contributed by atoms with Crippen LogP contribution in [0.25, 0.3) is 16.5 Å². The van der Waals surface area contributed by atoms with Crippen LogP contribution < -0.4 is 5.32 Å². The Morgan fingerprint density at radius 2 is 2.00 bits per heavy atom. The van der Waals surface area contributed by atoms with E-state index in [1.54, 1.807) is 0 Å². The Balaban J connectivity index is 1.30. The molecule has 3 nitrogen and oxygen atoms in total. The molecule has 0 saturated heterocycles. The lowest BCUT2D eigenvalue weighted by Crippen LogP contribution is -2.33. The summed E-state index contributed by atoms with van der Waals surface area (Å²) in [5.41, 5.74) is 5.77. The quantitative estimate of drug-likeness (QED) is 0.448. The van der Waals surface area contributed by atoms with Gasteiger partial charge in [0.25, 0.3) is 0 Å². The number of aromatic amines is 1. The summed E-state index contributed by atoms with van der Waals surface area (Å²) in [6.07, 6.45) is 7.54. The second-order valence-corrected chi connectivity index (χ2v) is 8.05. The van der Waals surface area contributed by atoms with Crippen LogP contribution in [0.3, 0.4) is 0 Å². The van der Waals surface area contributed by atoms with E-state index in [0.717, 1.165) is 53.6 Å². The van der Waals surface area contributed by atoms with Crippen LogP contribution in [0, 0.1) is 0 Å². The second-order valence-electron chi connectivity index (χ2n) is 6.95. The molecule has 2 aromatic carbocycles. The van der Waals surface area contributed by atoms with Gasteiger partial charge >= 0.3 is 0 Å². The third-order valence-electron chi connectivity index (χ3n) is 5.19. The second kappa shape index (κ2) is 8.59. The van der Waals surface area contributed by atoms with Gasteiger partial charge in [-0.05, 0) is 41.4 Å². The van der Waals surface area contributed by atoms with Crippen molar-refractivity contribution in [1.29, 1.82) is 0 Å². The van der Waals surface area contributed by atoms with Crippen molar-refractivity contribution >= 4 is 34.5 Å². The number of hydrogen-bond acceptors (Lipinski definition) is 3.